The predicted molar refractivity (Wildman–Crippen MR) is 138 cm³/mol. The minimum atomic E-state index is -4.37. The van der Waals surface area contributed by atoms with Crippen LogP contribution >= 0.6 is 0 Å². The van der Waals surface area contributed by atoms with Crippen LogP contribution in [0.15, 0.2) is 36.4 Å². The van der Waals surface area contributed by atoms with Crippen LogP contribution in [0.4, 0.5) is 24.7 Å². The van der Waals surface area contributed by atoms with E-state index in [4.69, 9.17) is 9.97 Å². The highest BCUT2D eigenvalue weighted by Gasteiger charge is 2.33. The first kappa shape index (κ1) is 24.6. The Morgan fingerprint density at radius 3 is 2.36 bits per heavy atom. The van der Waals surface area contributed by atoms with Crippen molar-refractivity contribution in [2.24, 2.45) is 5.92 Å². The van der Waals surface area contributed by atoms with Crippen LogP contribution in [0.5, 0.6) is 0 Å². The lowest BCUT2D eigenvalue weighted by atomic mass is 9.97. The zero-order valence-electron chi connectivity index (χ0n) is 21.4. The fourth-order valence-electron chi connectivity index (χ4n) is 5.65. The van der Waals surface area contributed by atoms with E-state index in [0.717, 1.165) is 70.7 Å². The monoisotopic (exact) mass is 494 g/mol. The molecule has 1 fully saturated rings. The molecule has 1 unspecified atom stereocenters. The number of halogens is 3. The fraction of sp³-hybridized carbons (Fsp3) is 0.448. The Bertz CT molecular complexity index is 1260. The van der Waals surface area contributed by atoms with Crippen LogP contribution in [0.3, 0.4) is 0 Å². The first-order chi connectivity index (χ1) is 17.1. The molecule has 1 atom stereocenters. The lowest BCUT2D eigenvalue weighted by Gasteiger charge is -2.37. The summed E-state index contributed by atoms with van der Waals surface area (Å²) in [4.78, 5) is 14.6. The summed E-state index contributed by atoms with van der Waals surface area (Å²) in [7, 11) is 0. The van der Waals surface area contributed by atoms with E-state index in [1.807, 2.05) is 6.92 Å². The fourth-order valence-corrected chi connectivity index (χ4v) is 5.65. The second-order valence-corrected chi connectivity index (χ2v) is 10.4. The molecule has 36 heavy (non-hydrogen) atoms. The summed E-state index contributed by atoms with van der Waals surface area (Å²) in [6, 6.07) is 10.3. The lowest BCUT2D eigenvalue weighted by Crippen LogP contribution is -2.39. The van der Waals surface area contributed by atoms with E-state index in [9.17, 15) is 13.2 Å². The maximum atomic E-state index is 13.5. The van der Waals surface area contributed by atoms with E-state index in [-0.39, 0.29) is 0 Å². The summed E-state index contributed by atoms with van der Waals surface area (Å²) in [6.45, 7) is 11.3. The number of hydrogen-bond donors (Lipinski definition) is 0. The van der Waals surface area contributed by atoms with Crippen molar-refractivity contribution in [1.82, 2.24) is 9.97 Å². The van der Waals surface area contributed by atoms with E-state index >= 15 is 0 Å². The SMILES string of the molecule is Cc1ccc(C(F)(F)F)cc1N1CCc2nc(-c3c(C)cccc3C)nc(N3CCCC(C)C3)c2C1. The number of piperidine rings is 1. The van der Waals surface area contributed by atoms with Crippen LogP contribution in [-0.4, -0.2) is 29.6 Å². The number of aryl methyl sites for hydroxylation is 3. The average molecular weight is 495 g/mol. The summed E-state index contributed by atoms with van der Waals surface area (Å²) in [5.41, 5.74) is 6.28. The summed E-state index contributed by atoms with van der Waals surface area (Å²) in [5.74, 6) is 2.26. The predicted octanol–water partition coefficient (Wildman–Crippen LogP) is 6.89. The van der Waals surface area contributed by atoms with E-state index in [0.29, 0.717) is 31.1 Å². The molecule has 0 radical (unpaired) electrons. The number of benzene rings is 2. The Balaban J connectivity index is 1.60. The molecule has 1 saturated heterocycles. The van der Waals surface area contributed by atoms with Gasteiger partial charge in [-0.05, 0) is 68.4 Å². The maximum Gasteiger partial charge on any atom is 0.416 e. The number of alkyl halides is 3. The van der Waals surface area contributed by atoms with Crippen molar-refractivity contribution in [2.75, 3.05) is 29.4 Å². The van der Waals surface area contributed by atoms with Gasteiger partial charge in [0.05, 0.1) is 11.3 Å². The van der Waals surface area contributed by atoms with E-state index in [1.165, 1.54) is 12.5 Å². The summed E-state index contributed by atoms with van der Waals surface area (Å²) in [5, 5.41) is 0. The average Bonchev–Trinajstić information content (AvgIpc) is 2.83. The molecule has 5 rings (SSSR count). The van der Waals surface area contributed by atoms with Gasteiger partial charge in [-0.3, -0.25) is 0 Å². The van der Waals surface area contributed by atoms with Crippen molar-refractivity contribution in [3.63, 3.8) is 0 Å². The van der Waals surface area contributed by atoms with Crippen molar-refractivity contribution < 1.29 is 13.2 Å². The number of rotatable bonds is 3. The Labute approximate surface area is 211 Å². The summed E-state index contributed by atoms with van der Waals surface area (Å²) in [6.07, 6.45) is -1.39. The molecule has 0 N–H and O–H groups in total. The van der Waals surface area contributed by atoms with Crippen molar-refractivity contribution >= 4 is 11.5 Å². The molecule has 7 heteroatoms. The quantitative estimate of drug-likeness (QED) is 0.397. The van der Waals surface area contributed by atoms with Gasteiger partial charge in [-0.15, -0.1) is 0 Å². The van der Waals surface area contributed by atoms with E-state index < -0.39 is 11.7 Å². The van der Waals surface area contributed by atoms with Gasteiger partial charge in [0.1, 0.15) is 5.82 Å². The molecule has 2 aromatic carbocycles. The zero-order valence-corrected chi connectivity index (χ0v) is 21.4. The van der Waals surface area contributed by atoms with Crippen molar-refractivity contribution in [3.05, 3.63) is 69.9 Å². The molecule has 0 amide bonds. The number of aromatic nitrogens is 2. The second-order valence-electron chi connectivity index (χ2n) is 10.4. The lowest BCUT2D eigenvalue weighted by molar-refractivity contribution is -0.137. The maximum absolute atomic E-state index is 13.5. The first-order valence-corrected chi connectivity index (χ1v) is 12.8. The number of nitrogens with zero attached hydrogens (tertiary/aromatic N) is 4. The van der Waals surface area contributed by atoms with Crippen LogP contribution in [0.25, 0.3) is 11.4 Å². The third-order valence-electron chi connectivity index (χ3n) is 7.58. The Morgan fingerprint density at radius 2 is 1.67 bits per heavy atom. The van der Waals surface area contributed by atoms with Crippen LogP contribution in [0, 0.1) is 26.7 Å². The smallest absolute Gasteiger partial charge is 0.366 e. The van der Waals surface area contributed by atoms with Gasteiger partial charge >= 0.3 is 6.18 Å². The molecule has 0 aliphatic carbocycles. The molecular weight excluding hydrogens is 461 g/mol. The van der Waals surface area contributed by atoms with Gasteiger partial charge in [0.15, 0.2) is 5.82 Å². The molecule has 0 bridgehead atoms. The van der Waals surface area contributed by atoms with Gasteiger partial charge < -0.3 is 9.80 Å². The molecule has 1 aromatic heterocycles. The van der Waals surface area contributed by atoms with Crippen molar-refractivity contribution in [3.8, 4) is 11.4 Å². The molecule has 2 aliphatic heterocycles. The van der Waals surface area contributed by atoms with Gasteiger partial charge in [-0.1, -0.05) is 31.2 Å². The van der Waals surface area contributed by atoms with Crippen LogP contribution in [-0.2, 0) is 19.1 Å². The van der Waals surface area contributed by atoms with Gasteiger partial charge in [-0.25, -0.2) is 9.97 Å². The number of fused-ring (bicyclic) bond motifs is 1. The third-order valence-corrected chi connectivity index (χ3v) is 7.58. The summed E-state index contributed by atoms with van der Waals surface area (Å²) < 4.78 is 40.4. The van der Waals surface area contributed by atoms with Crippen LogP contribution < -0.4 is 9.80 Å². The highest BCUT2D eigenvalue weighted by molar-refractivity contribution is 5.68. The molecule has 3 aromatic rings. The van der Waals surface area contributed by atoms with Crippen molar-refractivity contribution in [1.29, 1.82) is 0 Å². The minimum absolute atomic E-state index is 0.505. The third kappa shape index (κ3) is 4.67. The zero-order chi connectivity index (χ0) is 25.6. The number of hydrogen-bond acceptors (Lipinski definition) is 4. The molecule has 3 heterocycles. The second kappa shape index (κ2) is 9.41. The number of anilines is 2. The Morgan fingerprint density at radius 1 is 0.917 bits per heavy atom. The summed E-state index contributed by atoms with van der Waals surface area (Å²) >= 11 is 0. The standard InChI is InChI=1S/C29H33F3N4/c1-18-7-6-13-36(16-18)28-23-17-35(25-15-22(29(30,31)32)11-10-19(25)2)14-12-24(23)33-27(34-28)26-20(3)8-5-9-21(26)4/h5,8-11,15,18H,6-7,12-14,16-17H2,1-4H3. The van der Waals surface area contributed by atoms with Crippen LogP contribution in [0.2, 0.25) is 0 Å². The molecule has 0 spiro atoms. The van der Waals surface area contributed by atoms with Gasteiger partial charge in [-0.2, -0.15) is 13.2 Å². The molecule has 0 saturated carbocycles. The Hall–Kier alpha value is -3.09. The Kier molecular flexibility index (Phi) is 6.43. The molecule has 2 aliphatic rings. The van der Waals surface area contributed by atoms with Gasteiger partial charge in [0.25, 0.3) is 0 Å². The van der Waals surface area contributed by atoms with E-state index in [2.05, 4.69) is 48.8 Å². The largest absolute Gasteiger partial charge is 0.416 e. The normalized spacial score (nSPS) is 18.4. The molecule has 4 nitrogen and oxygen atoms in total. The van der Waals surface area contributed by atoms with Gasteiger partial charge in [0.2, 0.25) is 0 Å². The molecule has 190 valence electrons. The topological polar surface area (TPSA) is 32.3 Å². The first-order valence-electron chi connectivity index (χ1n) is 12.8. The van der Waals surface area contributed by atoms with Crippen molar-refractivity contribution in [2.45, 2.75) is 59.7 Å². The molecular formula is C29H33F3N4. The highest BCUT2D eigenvalue weighted by atomic mass is 19.4. The van der Waals surface area contributed by atoms with Crippen LogP contribution in [0.1, 0.15) is 53.3 Å². The van der Waals surface area contributed by atoms with Gasteiger partial charge in [0, 0.05) is 49.4 Å². The van der Waals surface area contributed by atoms with E-state index in [1.54, 1.807) is 6.07 Å². The minimum Gasteiger partial charge on any atom is -0.366 e. The highest BCUT2D eigenvalue weighted by Crippen LogP contribution is 2.38.